The Morgan fingerprint density at radius 3 is 2.62 bits per heavy atom. The highest BCUT2D eigenvalue weighted by molar-refractivity contribution is 5.91. The first-order valence-corrected chi connectivity index (χ1v) is 7.19. The largest absolute Gasteiger partial charge is 0.326 e. The molecule has 0 saturated carbocycles. The van der Waals surface area contributed by atoms with Crippen LogP contribution in [-0.4, -0.2) is 5.91 Å². The number of rotatable bonds is 5. The Morgan fingerprint density at radius 2 is 1.90 bits per heavy atom. The predicted molar refractivity (Wildman–Crippen MR) is 83.9 cm³/mol. The fraction of sp³-hybridized carbons (Fsp3) is 0.278. The van der Waals surface area contributed by atoms with E-state index < -0.39 is 0 Å². The Hall–Kier alpha value is -2.16. The summed E-state index contributed by atoms with van der Waals surface area (Å²) in [6, 6.07) is 14.2. The lowest BCUT2D eigenvalue weighted by atomic mass is 10.0. The second-order valence-corrected chi connectivity index (χ2v) is 5.42. The van der Waals surface area contributed by atoms with E-state index in [1.165, 1.54) is 12.1 Å². The normalized spacial score (nSPS) is 10.7. The molecule has 2 aromatic carbocycles. The van der Waals surface area contributed by atoms with Crippen LogP contribution >= 0.6 is 0 Å². The molecular formula is C18H20FNO. The van der Waals surface area contributed by atoms with Gasteiger partial charge in [-0.2, -0.15) is 0 Å². The van der Waals surface area contributed by atoms with Crippen LogP contribution in [0, 0.1) is 5.82 Å². The summed E-state index contributed by atoms with van der Waals surface area (Å²) >= 11 is 0. The summed E-state index contributed by atoms with van der Waals surface area (Å²) < 4.78 is 13.1. The molecule has 0 aliphatic rings. The Labute approximate surface area is 125 Å². The van der Waals surface area contributed by atoms with Crippen LogP contribution in [0.1, 0.15) is 37.3 Å². The zero-order valence-electron chi connectivity index (χ0n) is 12.4. The second kappa shape index (κ2) is 7.02. The number of amides is 1. The van der Waals surface area contributed by atoms with Crippen molar-refractivity contribution in [2.24, 2.45) is 0 Å². The lowest BCUT2D eigenvalue weighted by Gasteiger charge is -2.13. The van der Waals surface area contributed by atoms with Crippen LogP contribution in [0.2, 0.25) is 0 Å². The predicted octanol–water partition coefficient (Wildman–Crippen LogP) is 4.52. The number of hydrogen-bond donors (Lipinski definition) is 1. The summed E-state index contributed by atoms with van der Waals surface area (Å²) in [5.41, 5.74) is 2.82. The van der Waals surface area contributed by atoms with Gasteiger partial charge in [0.05, 0.1) is 0 Å². The molecule has 2 nitrogen and oxygen atoms in total. The smallest absolute Gasteiger partial charge is 0.224 e. The summed E-state index contributed by atoms with van der Waals surface area (Å²) in [5.74, 6) is 0.0372. The van der Waals surface area contributed by atoms with Crippen LogP contribution in [0.25, 0.3) is 0 Å². The van der Waals surface area contributed by atoms with Crippen LogP contribution < -0.4 is 5.32 Å². The molecule has 1 N–H and O–H groups in total. The fourth-order valence-electron chi connectivity index (χ4n) is 2.28. The SMILES string of the molecule is CC(C)c1ccccc1NC(=O)CCc1cccc(F)c1. The number of carbonyl (C=O) groups excluding carboxylic acids is 1. The summed E-state index contributed by atoms with van der Waals surface area (Å²) in [5, 5.41) is 2.94. The lowest BCUT2D eigenvalue weighted by molar-refractivity contribution is -0.116. The van der Waals surface area contributed by atoms with Crippen molar-refractivity contribution in [3.63, 3.8) is 0 Å². The molecule has 0 aliphatic carbocycles. The van der Waals surface area contributed by atoms with E-state index in [1.807, 2.05) is 30.3 Å². The van der Waals surface area contributed by atoms with Crippen molar-refractivity contribution in [2.45, 2.75) is 32.6 Å². The molecule has 0 aromatic heterocycles. The molecule has 0 atom stereocenters. The maximum absolute atomic E-state index is 13.1. The van der Waals surface area contributed by atoms with Crippen molar-refractivity contribution in [3.05, 3.63) is 65.5 Å². The second-order valence-electron chi connectivity index (χ2n) is 5.42. The monoisotopic (exact) mass is 285 g/mol. The highest BCUT2D eigenvalue weighted by Gasteiger charge is 2.09. The van der Waals surface area contributed by atoms with E-state index >= 15 is 0 Å². The third kappa shape index (κ3) is 4.42. The Bertz CT molecular complexity index is 622. The summed E-state index contributed by atoms with van der Waals surface area (Å²) in [6.45, 7) is 4.19. The number of anilines is 1. The third-order valence-electron chi connectivity index (χ3n) is 3.39. The number of benzene rings is 2. The molecule has 0 aliphatic heterocycles. The van der Waals surface area contributed by atoms with Crippen LogP contribution in [0.15, 0.2) is 48.5 Å². The minimum Gasteiger partial charge on any atom is -0.326 e. The minimum atomic E-state index is -0.266. The van der Waals surface area contributed by atoms with Crippen LogP contribution in [0.4, 0.5) is 10.1 Å². The third-order valence-corrected chi connectivity index (χ3v) is 3.39. The van der Waals surface area contributed by atoms with Gasteiger partial charge in [-0.1, -0.05) is 44.2 Å². The van der Waals surface area contributed by atoms with Crippen molar-refractivity contribution >= 4 is 11.6 Å². The molecule has 2 rings (SSSR count). The van der Waals surface area contributed by atoms with Gasteiger partial charge in [0.15, 0.2) is 0 Å². The van der Waals surface area contributed by atoms with Crippen molar-refractivity contribution in [2.75, 3.05) is 5.32 Å². The first kappa shape index (κ1) is 15.2. The summed E-state index contributed by atoms with van der Waals surface area (Å²) in [6.07, 6.45) is 0.878. The maximum atomic E-state index is 13.1. The average Bonchev–Trinajstić information content (AvgIpc) is 2.45. The molecule has 110 valence electrons. The van der Waals surface area contributed by atoms with E-state index in [0.29, 0.717) is 18.8 Å². The van der Waals surface area contributed by atoms with Crippen molar-refractivity contribution < 1.29 is 9.18 Å². The molecular weight excluding hydrogens is 265 g/mol. The number of carbonyl (C=O) groups is 1. The topological polar surface area (TPSA) is 29.1 Å². The van der Waals surface area contributed by atoms with E-state index in [-0.39, 0.29) is 11.7 Å². The lowest BCUT2D eigenvalue weighted by Crippen LogP contribution is -2.14. The van der Waals surface area contributed by atoms with Gasteiger partial charge >= 0.3 is 0 Å². The van der Waals surface area contributed by atoms with Gasteiger partial charge in [0.1, 0.15) is 5.82 Å². The Kier molecular flexibility index (Phi) is 5.09. The summed E-state index contributed by atoms with van der Waals surface area (Å²) in [7, 11) is 0. The van der Waals surface area contributed by atoms with E-state index in [2.05, 4.69) is 19.2 Å². The molecule has 0 heterocycles. The molecule has 2 aromatic rings. The highest BCUT2D eigenvalue weighted by atomic mass is 19.1. The maximum Gasteiger partial charge on any atom is 0.224 e. The molecule has 0 fully saturated rings. The molecule has 0 unspecified atom stereocenters. The van der Waals surface area contributed by atoms with E-state index in [9.17, 15) is 9.18 Å². The van der Waals surface area contributed by atoms with Gasteiger partial charge in [-0.3, -0.25) is 4.79 Å². The quantitative estimate of drug-likeness (QED) is 0.859. The number of nitrogens with one attached hydrogen (secondary N) is 1. The standard InChI is InChI=1S/C18H20FNO/c1-13(2)16-8-3-4-9-17(16)20-18(21)11-10-14-6-5-7-15(19)12-14/h3-9,12-13H,10-11H2,1-2H3,(H,20,21). The molecule has 1 amide bonds. The van der Waals surface area contributed by atoms with Crippen LogP contribution in [0.3, 0.4) is 0 Å². The number of aryl methyl sites for hydroxylation is 1. The van der Waals surface area contributed by atoms with Crippen molar-refractivity contribution in [1.29, 1.82) is 0 Å². The minimum absolute atomic E-state index is 0.0487. The van der Waals surface area contributed by atoms with Gasteiger partial charge in [0.25, 0.3) is 0 Å². The highest BCUT2D eigenvalue weighted by Crippen LogP contribution is 2.23. The Balaban J connectivity index is 1.96. The molecule has 0 saturated heterocycles. The van der Waals surface area contributed by atoms with Gasteiger partial charge in [-0.15, -0.1) is 0 Å². The molecule has 21 heavy (non-hydrogen) atoms. The van der Waals surface area contributed by atoms with E-state index in [0.717, 1.165) is 16.8 Å². The van der Waals surface area contributed by atoms with Gasteiger partial charge in [-0.25, -0.2) is 4.39 Å². The van der Waals surface area contributed by atoms with E-state index in [4.69, 9.17) is 0 Å². The first-order valence-electron chi connectivity index (χ1n) is 7.19. The molecule has 0 bridgehead atoms. The van der Waals surface area contributed by atoms with Gasteiger partial charge in [-0.05, 0) is 41.7 Å². The van der Waals surface area contributed by atoms with Gasteiger partial charge in [0, 0.05) is 12.1 Å². The molecule has 0 radical (unpaired) electrons. The average molecular weight is 285 g/mol. The van der Waals surface area contributed by atoms with E-state index in [1.54, 1.807) is 6.07 Å². The zero-order valence-corrected chi connectivity index (χ0v) is 12.4. The summed E-state index contributed by atoms with van der Waals surface area (Å²) in [4.78, 5) is 12.0. The van der Waals surface area contributed by atoms with Crippen molar-refractivity contribution in [1.82, 2.24) is 0 Å². The van der Waals surface area contributed by atoms with Gasteiger partial charge in [0.2, 0.25) is 5.91 Å². The van der Waals surface area contributed by atoms with Crippen molar-refractivity contribution in [3.8, 4) is 0 Å². The molecule has 0 spiro atoms. The number of hydrogen-bond acceptors (Lipinski definition) is 1. The fourth-order valence-corrected chi connectivity index (χ4v) is 2.28. The number of para-hydroxylation sites is 1. The molecule has 3 heteroatoms. The van der Waals surface area contributed by atoms with Crippen LogP contribution in [0.5, 0.6) is 0 Å². The zero-order chi connectivity index (χ0) is 15.2. The first-order chi connectivity index (χ1) is 10.1. The van der Waals surface area contributed by atoms with Gasteiger partial charge < -0.3 is 5.32 Å². The van der Waals surface area contributed by atoms with Crippen LogP contribution in [-0.2, 0) is 11.2 Å². The number of halogens is 1. The Morgan fingerprint density at radius 1 is 1.14 bits per heavy atom.